The summed E-state index contributed by atoms with van der Waals surface area (Å²) in [5.41, 5.74) is 0. The molecule has 8 bridgehead atoms. The summed E-state index contributed by atoms with van der Waals surface area (Å²) in [5.74, 6) is -9.13. The van der Waals surface area contributed by atoms with Crippen molar-refractivity contribution < 1.29 is 224 Å². The SMILES string of the molecule is O=S(=O)([O-])c1cc2c(O)c(c1)S(=O)(=O)c1cc(S(=O)(=O)[O-])cc(c1O)S(=O)(=O)c1cc(S(=O)(=O)[O-])cc(c1O)S(=O)(=O)c1cc(S(=O)(=O)[O-])cc(c1O)S2(=O)=O.[Na+].[Na+].[Na+].[Na+]. The molecule has 1 aliphatic heterocycles. The van der Waals surface area contributed by atoms with Crippen LogP contribution in [0.4, 0.5) is 0 Å². The van der Waals surface area contributed by atoms with Gasteiger partial charge in [-0.2, -0.15) is 0 Å². The van der Waals surface area contributed by atoms with Gasteiger partial charge in [0.25, 0.3) is 0 Å². The summed E-state index contributed by atoms with van der Waals surface area (Å²) in [7, 11) is -49.9. The fourth-order valence-corrected chi connectivity index (χ4v) is 14.0. The van der Waals surface area contributed by atoms with Gasteiger partial charge in [0.05, 0.1) is 19.6 Å². The van der Waals surface area contributed by atoms with Crippen LogP contribution in [-0.4, -0.2) is 106 Å². The number of hydrogen-bond acceptors (Lipinski definition) is 24. The Kier molecular flexibility index (Phi) is 17.3. The van der Waals surface area contributed by atoms with E-state index in [0.29, 0.717) is 0 Å². The van der Waals surface area contributed by atoms with E-state index in [1.54, 1.807) is 0 Å². The maximum atomic E-state index is 14.0. The van der Waals surface area contributed by atoms with Gasteiger partial charge in [0.1, 0.15) is 79.6 Å². The third-order valence-corrected chi connectivity index (χ3v) is 17.9. The van der Waals surface area contributed by atoms with Gasteiger partial charge >= 0.3 is 118 Å². The molecule has 0 unspecified atom stereocenters. The normalized spacial score (nSPS) is 16.3. The molecular formula is C24H12Na4O24S8. The molecule has 5 rings (SSSR count). The van der Waals surface area contributed by atoms with Crippen LogP contribution in [0.25, 0.3) is 0 Å². The number of hydrogen-bond donors (Lipinski definition) is 4. The Morgan fingerprint density at radius 1 is 0.300 bits per heavy atom. The van der Waals surface area contributed by atoms with E-state index in [1.807, 2.05) is 0 Å². The standard InChI is InChI=1S/C24H16O24S8.4Na/c25-21-13-1-9(53(37,38)39)2-14(21)50(31,32)17-5-11(55(43,44)45)6-18(23(17)27)52(35,36)20-8-12(56(46,47)48)7-19(24(20)28)51(33,34)16-4-10(54(40,41)42)3-15(22(16)26)49(13,29)30;;;;/h1-8,25-28H,(H,37,38,39)(H,40,41,42)(H,43,44,45)(H,46,47,48);;;;/q;4*+1/p-4. The maximum Gasteiger partial charge on any atom is 1.00 e. The quantitative estimate of drug-likeness (QED) is 0.0959. The molecule has 36 heteroatoms. The van der Waals surface area contributed by atoms with Crippen molar-refractivity contribution in [2.75, 3.05) is 0 Å². The predicted molar refractivity (Wildman–Crippen MR) is 166 cm³/mol. The van der Waals surface area contributed by atoms with Crippen LogP contribution in [0.3, 0.4) is 0 Å². The Morgan fingerprint density at radius 3 is 0.483 bits per heavy atom. The van der Waals surface area contributed by atoms with Gasteiger partial charge in [-0.15, -0.1) is 0 Å². The van der Waals surface area contributed by atoms with Gasteiger partial charge in [-0.3, -0.25) is 0 Å². The summed E-state index contributed by atoms with van der Waals surface area (Å²) in [6.45, 7) is 0. The fraction of sp³-hybridized carbons (Fsp3) is 0. The van der Waals surface area contributed by atoms with E-state index in [1.165, 1.54) is 0 Å². The molecule has 1 heterocycles. The second-order valence-electron chi connectivity index (χ2n) is 10.9. The predicted octanol–water partition coefficient (Wildman–Crippen LogP) is -14.2. The summed E-state index contributed by atoms with van der Waals surface area (Å²) < 4.78 is 257. The topological polar surface area (TPSA) is 446 Å². The average Bonchev–Trinajstić information content (AvgIpc) is 3.01. The number of phenols is 4. The molecule has 0 saturated carbocycles. The van der Waals surface area contributed by atoms with E-state index in [2.05, 4.69) is 0 Å². The zero-order valence-corrected chi connectivity index (χ0v) is 44.4. The van der Waals surface area contributed by atoms with Crippen molar-refractivity contribution in [2.24, 2.45) is 0 Å². The molecule has 0 aromatic heterocycles. The Bertz CT molecular complexity index is 2860. The van der Waals surface area contributed by atoms with Crippen LogP contribution in [-0.2, 0) is 79.8 Å². The summed E-state index contributed by atoms with van der Waals surface area (Å²) in [6.07, 6.45) is 0. The van der Waals surface area contributed by atoms with Crippen molar-refractivity contribution in [3.8, 4) is 23.0 Å². The van der Waals surface area contributed by atoms with Crippen molar-refractivity contribution in [1.82, 2.24) is 0 Å². The van der Waals surface area contributed by atoms with Crippen molar-refractivity contribution in [3.63, 3.8) is 0 Å². The van der Waals surface area contributed by atoms with Crippen LogP contribution in [0.1, 0.15) is 0 Å². The average molecular weight is 1030 g/mol. The molecule has 0 spiro atoms. The molecule has 304 valence electrons. The van der Waals surface area contributed by atoms with Crippen molar-refractivity contribution in [1.29, 1.82) is 0 Å². The summed E-state index contributed by atoms with van der Waals surface area (Å²) >= 11 is 0. The summed E-state index contributed by atoms with van der Waals surface area (Å²) in [6, 6.07) is -2.92. The molecule has 0 aliphatic carbocycles. The molecule has 0 atom stereocenters. The molecule has 4 N–H and O–H groups in total. The van der Waals surface area contributed by atoms with E-state index in [-0.39, 0.29) is 167 Å². The van der Waals surface area contributed by atoms with E-state index in [0.717, 1.165) is 0 Å². The van der Waals surface area contributed by atoms with Crippen LogP contribution < -0.4 is 118 Å². The first kappa shape index (κ1) is 57.5. The molecule has 1 aliphatic rings. The Morgan fingerprint density at radius 2 is 0.400 bits per heavy atom. The van der Waals surface area contributed by atoms with Gasteiger partial charge in [-0.1, -0.05) is 0 Å². The first-order valence-electron chi connectivity index (χ1n) is 13.3. The summed E-state index contributed by atoms with van der Waals surface area (Å²) in [4.78, 5) is -25.4. The zero-order valence-electron chi connectivity index (χ0n) is 29.8. The number of rotatable bonds is 4. The number of sulfone groups is 4. The summed E-state index contributed by atoms with van der Waals surface area (Å²) in [5, 5.41) is 44.2. The third-order valence-electron chi connectivity index (χ3n) is 7.52. The second-order valence-corrected chi connectivity index (χ2v) is 24.0. The van der Waals surface area contributed by atoms with Gasteiger partial charge in [-0.25, -0.2) is 67.3 Å². The monoisotopic (exact) mass is 1030 g/mol. The van der Waals surface area contributed by atoms with Crippen LogP contribution in [0.15, 0.2) is 107 Å². The zero-order chi connectivity index (χ0) is 42.9. The van der Waals surface area contributed by atoms with Gasteiger partial charge in [0.2, 0.25) is 39.3 Å². The number of fused-ring (bicyclic) bond motifs is 8. The van der Waals surface area contributed by atoms with E-state index >= 15 is 0 Å². The van der Waals surface area contributed by atoms with Crippen molar-refractivity contribution in [3.05, 3.63) is 48.5 Å². The van der Waals surface area contributed by atoms with E-state index < -0.39 is 162 Å². The molecule has 0 radical (unpaired) electrons. The number of phenolic OH excluding ortho intramolecular Hbond substituents is 4. The van der Waals surface area contributed by atoms with Crippen molar-refractivity contribution in [2.45, 2.75) is 58.7 Å². The van der Waals surface area contributed by atoms with E-state index in [9.17, 15) is 106 Å². The molecule has 60 heavy (non-hydrogen) atoms. The van der Waals surface area contributed by atoms with Gasteiger partial charge in [0.15, 0.2) is 23.0 Å². The molecule has 4 aromatic carbocycles. The second kappa shape index (κ2) is 18.1. The molecule has 4 aromatic rings. The van der Waals surface area contributed by atoms with Crippen LogP contribution in [0.2, 0.25) is 0 Å². The molecular weight excluding hydrogens is 1020 g/mol. The minimum Gasteiger partial charge on any atom is -0.744 e. The van der Waals surface area contributed by atoms with E-state index in [4.69, 9.17) is 0 Å². The minimum atomic E-state index is -6.34. The first-order chi connectivity index (χ1) is 25.0. The van der Waals surface area contributed by atoms with Gasteiger partial charge < -0.3 is 38.6 Å². The maximum absolute atomic E-state index is 14.0. The number of aromatic hydroxyl groups is 4. The number of benzene rings is 4. The van der Waals surface area contributed by atoms with Gasteiger partial charge in [-0.05, 0) is 48.5 Å². The Balaban J connectivity index is 0.00000450. The minimum absolute atomic E-state index is 0. The Labute approximate surface area is 427 Å². The Hall–Kier alpha value is -0.480. The molecule has 0 amide bonds. The van der Waals surface area contributed by atoms with Gasteiger partial charge in [0, 0.05) is 0 Å². The largest absolute Gasteiger partial charge is 1.00 e. The smallest absolute Gasteiger partial charge is 0.744 e. The third kappa shape index (κ3) is 10.0. The first-order valence-corrected chi connectivity index (χ1v) is 24.9. The van der Waals surface area contributed by atoms with Crippen molar-refractivity contribution >= 4 is 79.8 Å². The molecule has 24 nitrogen and oxygen atoms in total. The molecule has 0 fully saturated rings. The van der Waals surface area contributed by atoms with Crippen LogP contribution in [0.5, 0.6) is 23.0 Å². The fourth-order valence-electron chi connectivity index (χ4n) is 4.92. The van der Waals surface area contributed by atoms with Crippen LogP contribution in [0, 0.1) is 0 Å². The molecule has 0 saturated heterocycles. The van der Waals surface area contributed by atoms with Crippen LogP contribution >= 0.6 is 0 Å².